The van der Waals surface area contributed by atoms with Gasteiger partial charge in [0.25, 0.3) is 0 Å². The standard InChI is InChI=1S/C14H22N4O3/c1-10-3-2-5-18(6-4-10)14(21)17-12(13(19)20)7-11-8-15-9-16-11/h8-10,12H,2-7H2,1H3,(H,15,16)(H,17,21)(H,19,20). The number of hydrogen-bond acceptors (Lipinski definition) is 3. The average Bonchev–Trinajstić information content (AvgIpc) is 2.85. The maximum Gasteiger partial charge on any atom is 0.326 e. The van der Waals surface area contributed by atoms with Gasteiger partial charge in [0.2, 0.25) is 0 Å². The topological polar surface area (TPSA) is 98.3 Å². The summed E-state index contributed by atoms with van der Waals surface area (Å²) in [5.74, 6) is -0.427. The molecule has 2 atom stereocenters. The highest BCUT2D eigenvalue weighted by Gasteiger charge is 2.25. The van der Waals surface area contributed by atoms with Crippen molar-refractivity contribution >= 4 is 12.0 Å². The van der Waals surface area contributed by atoms with E-state index in [2.05, 4.69) is 22.2 Å². The number of carbonyl (C=O) groups is 2. The van der Waals surface area contributed by atoms with Gasteiger partial charge in [-0.1, -0.05) is 6.92 Å². The van der Waals surface area contributed by atoms with Gasteiger partial charge in [0.05, 0.1) is 6.33 Å². The number of urea groups is 1. The van der Waals surface area contributed by atoms with Crippen LogP contribution in [0.5, 0.6) is 0 Å². The van der Waals surface area contributed by atoms with Crippen LogP contribution in [0.2, 0.25) is 0 Å². The summed E-state index contributed by atoms with van der Waals surface area (Å²) in [5.41, 5.74) is 0.687. The molecule has 1 fully saturated rings. The molecule has 2 amide bonds. The molecule has 3 N–H and O–H groups in total. The maximum atomic E-state index is 12.2. The lowest BCUT2D eigenvalue weighted by Gasteiger charge is -2.23. The van der Waals surface area contributed by atoms with Crippen molar-refractivity contribution < 1.29 is 14.7 Å². The van der Waals surface area contributed by atoms with Crippen LogP contribution in [0, 0.1) is 5.92 Å². The number of nitrogens with one attached hydrogen (secondary N) is 2. The van der Waals surface area contributed by atoms with Crippen LogP contribution >= 0.6 is 0 Å². The third-order valence-electron chi connectivity index (χ3n) is 3.88. The Labute approximate surface area is 123 Å². The minimum Gasteiger partial charge on any atom is -0.480 e. The fourth-order valence-electron chi connectivity index (χ4n) is 2.52. The summed E-state index contributed by atoms with van der Waals surface area (Å²) in [4.78, 5) is 31.9. The normalized spacial score (nSPS) is 20.6. The van der Waals surface area contributed by atoms with Crippen LogP contribution < -0.4 is 5.32 Å². The van der Waals surface area contributed by atoms with E-state index >= 15 is 0 Å². The number of hydrogen-bond donors (Lipinski definition) is 3. The lowest BCUT2D eigenvalue weighted by atomic mass is 10.0. The zero-order chi connectivity index (χ0) is 15.2. The van der Waals surface area contributed by atoms with Gasteiger partial charge in [-0.05, 0) is 25.2 Å². The first-order chi connectivity index (χ1) is 10.1. The molecule has 0 spiro atoms. The Morgan fingerprint density at radius 3 is 3.00 bits per heavy atom. The number of rotatable bonds is 4. The molecular weight excluding hydrogens is 272 g/mol. The van der Waals surface area contributed by atoms with Crippen molar-refractivity contribution in [1.82, 2.24) is 20.2 Å². The third-order valence-corrected chi connectivity index (χ3v) is 3.88. The summed E-state index contributed by atoms with van der Waals surface area (Å²) in [6.07, 6.45) is 6.30. The van der Waals surface area contributed by atoms with Crippen LogP contribution in [-0.4, -0.2) is 51.1 Å². The molecule has 1 aromatic rings. The number of aliphatic carboxylic acids is 1. The summed E-state index contributed by atoms with van der Waals surface area (Å²) in [5, 5.41) is 11.9. The van der Waals surface area contributed by atoms with E-state index in [0.717, 1.165) is 19.3 Å². The average molecular weight is 294 g/mol. The summed E-state index contributed by atoms with van der Waals surface area (Å²) in [6, 6.07) is -1.24. The highest BCUT2D eigenvalue weighted by Crippen LogP contribution is 2.16. The number of imidazole rings is 1. The molecule has 7 nitrogen and oxygen atoms in total. The lowest BCUT2D eigenvalue weighted by Crippen LogP contribution is -2.49. The summed E-state index contributed by atoms with van der Waals surface area (Å²) in [6.45, 7) is 3.55. The molecular formula is C14H22N4O3. The van der Waals surface area contributed by atoms with Gasteiger partial charge >= 0.3 is 12.0 Å². The summed E-state index contributed by atoms with van der Waals surface area (Å²) >= 11 is 0. The number of likely N-dealkylation sites (tertiary alicyclic amines) is 1. The monoisotopic (exact) mass is 294 g/mol. The van der Waals surface area contributed by atoms with Gasteiger partial charge in [0.1, 0.15) is 6.04 Å². The van der Waals surface area contributed by atoms with E-state index in [-0.39, 0.29) is 12.5 Å². The van der Waals surface area contributed by atoms with Gasteiger partial charge in [-0.3, -0.25) is 0 Å². The molecule has 2 unspecified atom stereocenters. The predicted molar refractivity (Wildman–Crippen MR) is 76.8 cm³/mol. The summed E-state index contributed by atoms with van der Waals surface area (Å²) in [7, 11) is 0. The maximum absolute atomic E-state index is 12.2. The fourth-order valence-corrected chi connectivity index (χ4v) is 2.52. The van der Waals surface area contributed by atoms with Gasteiger partial charge in [-0.2, -0.15) is 0 Å². The number of carbonyl (C=O) groups excluding carboxylic acids is 1. The van der Waals surface area contributed by atoms with E-state index in [0.29, 0.717) is 24.7 Å². The largest absolute Gasteiger partial charge is 0.480 e. The van der Waals surface area contributed by atoms with Gasteiger partial charge in [-0.25, -0.2) is 14.6 Å². The first-order valence-electron chi connectivity index (χ1n) is 7.31. The van der Waals surface area contributed by atoms with E-state index in [4.69, 9.17) is 0 Å². The number of carboxylic acids is 1. The van der Waals surface area contributed by atoms with E-state index < -0.39 is 12.0 Å². The molecule has 1 aliphatic rings. The first kappa shape index (κ1) is 15.3. The molecule has 2 heterocycles. The van der Waals surface area contributed by atoms with Crippen molar-refractivity contribution in [2.45, 2.75) is 38.6 Å². The lowest BCUT2D eigenvalue weighted by molar-refractivity contribution is -0.139. The van der Waals surface area contributed by atoms with Gasteiger partial charge in [0, 0.05) is 31.4 Å². The number of aromatic nitrogens is 2. The molecule has 0 aromatic carbocycles. The van der Waals surface area contributed by atoms with Crippen LogP contribution in [0.3, 0.4) is 0 Å². The molecule has 2 rings (SSSR count). The highest BCUT2D eigenvalue weighted by molar-refractivity contribution is 5.82. The first-order valence-corrected chi connectivity index (χ1v) is 7.31. The molecule has 1 saturated heterocycles. The Hall–Kier alpha value is -2.05. The molecule has 7 heteroatoms. The van der Waals surface area contributed by atoms with Crippen molar-refractivity contribution in [3.8, 4) is 0 Å². The molecule has 116 valence electrons. The summed E-state index contributed by atoms with van der Waals surface area (Å²) < 4.78 is 0. The molecule has 1 aromatic heterocycles. The van der Waals surface area contributed by atoms with Crippen LogP contribution in [-0.2, 0) is 11.2 Å². The SMILES string of the molecule is CC1CCCN(C(=O)NC(Cc2cnc[nH]2)C(=O)O)CC1. The number of carboxylic acid groups (broad SMARTS) is 1. The molecule has 0 radical (unpaired) electrons. The second-order valence-corrected chi connectivity index (χ2v) is 5.64. The molecule has 0 saturated carbocycles. The number of nitrogens with zero attached hydrogens (tertiary/aromatic N) is 2. The molecule has 0 aliphatic carbocycles. The molecule has 1 aliphatic heterocycles. The Balaban J connectivity index is 1.93. The van der Waals surface area contributed by atoms with Crippen molar-refractivity contribution in [1.29, 1.82) is 0 Å². The van der Waals surface area contributed by atoms with Crippen LogP contribution in [0.1, 0.15) is 31.9 Å². The van der Waals surface area contributed by atoms with Crippen LogP contribution in [0.15, 0.2) is 12.5 Å². The Morgan fingerprint density at radius 2 is 2.33 bits per heavy atom. The van der Waals surface area contributed by atoms with Crippen LogP contribution in [0.25, 0.3) is 0 Å². The van der Waals surface area contributed by atoms with Crippen molar-refractivity contribution in [2.75, 3.05) is 13.1 Å². The molecule has 21 heavy (non-hydrogen) atoms. The fraction of sp³-hybridized carbons (Fsp3) is 0.643. The zero-order valence-corrected chi connectivity index (χ0v) is 12.2. The minimum atomic E-state index is -1.04. The van der Waals surface area contributed by atoms with E-state index in [1.807, 2.05) is 0 Å². The van der Waals surface area contributed by atoms with Gasteiger partial charge < -0.3 is 20.3 Å². The van der Waals surface area contributed by atoms with Gasteiger partial charge in [-0.15, -0.1) is 0 Å². The second-order valence-electron chi connectivity index (χ2n) is 5.64. The number of aromatic amines is 1. The smallest absolute Gasteiger partial charge is 0.326 e. The third kappa shape index (κ3) is 4.47. The zero-order valence-electron chi connectivity index (χ0n) is 12.2. The van der Waals surface area contributed by atoms with E-state index in [9.17, 15) is 14.7 Å². The highest BCUT2D eigenvalue weighted by atomic mass is 16.4. The van der Waals surface area contributed by atoms with Crippen molar-refractivity contribution in [3.63, 3.8) is 0 Å². The van der Waals surface area contributed by atoms with Crippen molar-refractivity contribution in [2.24, 2.45) is 5.92 Å². The van der Waals surface area contributed by atoms with Gasteiger partial charge in [0.15, 0.2) is 0 Å². The second kappa shape index (κ2) is 7.10. The predicted octanol–water partition coefficient (Wildman–Crippen LogP) is 1.24. The van der Waals surface area contributed by atoms with E-state index in [1.165, 1.54) is 6.33 Å². The Morgan fingerprint density at radius 1 is 1.52 bits per heavy atom. The number of amides is 2. The quantitative estimate of drug-likeness (QED) is 0.778. The van der Waals surface area contributed by atoms with Crippen molar-refractivity contribution in [3.05, 3.63) is 18.2 Å². The Bertz CT molecular complexity index is 475. The number of H-pyrrole nitrogens is 1. The van der Waals surface area contributed by atoms with Crippen LogP contribution in [0.4, 0.5) is 4.79 Å². The molecule has 0 bridgehead atoms. The Kier molecular flexibility index (Phi) is 5.19. The van der Waals surface area contributed by atoms with E-state index in [1.54, 1.807) is 11.1 Å². The minimum absolute atomic E-state index is 0.200.